The molecule has 1 aliphatic heterocycles. The first-order valence-corrected chi connectivity index (χ1v) is 8.55. The molecule has 2 rings (SSSR count). The van der Waals surface area contributed by atoms with Crippen molar-refractivity contribution in [1.82, 2.24) is 9.80 Å². The van der Waals surface area contributed by atoms with Gasteiger partial charge in [0.25, 0.3) is 0 Å². The van der Waals surface area contributed by atoms with Crippen LogP contribution >= 0.6 is 0 Å². The number of piperazine rings is 1. The molecular weight excluding hydrogens is 251 g/mol. The van der Waals surface area contributed by atoms with Gasteiger partial charge in [-0.1, -0.05) is 13.8 Å². The van der Waals surface area contributed by atoms with E-state index in [4.69, 9.17) is 0 Å². The Morgan fingerprint density at radius 2 is 1.55 bits per heavy atom. The van der Waals surface area contributed by atoms with Crippen LogP contribution in [0.3, 0.4) is 0 Å². The van der Waals surface area contributed by atoms with Crippen molar-refractivity contribution in [3.63, 3.8) is 0 Å². The van der Waals surface area contributed by atoms with E-state index in [2.05, 4.69) is 37.5 Å². The first-order valence-electron chi connectivity index (χ1n) is 8.55. The van der Waals surface area contributed by atoms with E-state index in [0.29, 0.717) is 18.5 Å². The maximum Gasteiger partial charge on any atom is 0.123 e. The van der Waals surface area contributed by atoms with Crippen LogP contribution in [0.4, 0.5) is 4.39 Å². The molecule has 1 saturated heterocycles. The molecule has 118 valence electrons. The van der Waals surface area contributed by atoms with Gasteiger partial charge in [-0.3, -0.25) is 9.80 Å². The van der Waals surface area contributed by atoms with Crippen LogP contribution in [0.15, 0.2) is 0 Å². The Kier molecular flexibility index (Phi) is 5.47. The van der Waals surface area contributed by atoms with Crippen molar-refractivity contribution in [1.29, 1.82) is 0 Å². The monoisotopic (exact) mass is 284 g/mol. The molecule has 0 spiro atoms. The van der Waals surface area contributed by atoms with Crippen molar-refractivity contribution in [2.75, 3.05) is 32.7 Å². The standard InChI is InChI=1S/C17H33FN2/c1-14(2)16-5-7-17(18,8-6-16)13-19-9-11-20(12-10-19)15(3)4/h14-16H,5-13H2,1-4H3. The molecule has 0 atom stereocenters. The predicted molar refractivity (Wildman–Crippen MR) is 83.8 cm³/mol. The third-order valence-corrected chi connectivity index (χ3v) is 5.51. The lowest BCUT2D eigenvalue weighted by Gasteiger charge is -2.42. The lowest BCUT2D eigenvalue weighted by atomic mass is 9.75. The van der Waals surface area contributed by atoms with Crippen LogP contribution in [0.25, 0.3) is 0 Å². The summed E-state index contributed by atoms with van der Waals surface area (Å²) in [6.45, 7) is 14.0. The van der Waals surface area contributed by atoms with Crippen LogP contribution in [0.2, 0.25) is 0 Å². The van der Waals surface area contributed by atoms with E-state index >= 15 is 0 Å². The van der Waals surface area contributed by atoms with Gasteiger partial charge in [-0.2, -0.15) is 0 Å². The van der Waals surface area contributed by atoms with E-state index in [-0.39, 0.29) is 0 Å². The fraction of sp³-hybridized carbons (Fsp3) is 1.00. The molecule has 3 heteroatoms. The number of hydrogen-bond donors (Lipinski definition) is 0. The van der Waals surface area contributed by atoms with Crippen LogP contribution in [0, 0.1) is 11.8 Å². The number of nitrogens with zero attached hydrogens (tertiary/aromatic N) is 2. The maximum atomic E-state index is 15.0. The van der Waals surface area contributed by atoms with Gasteiger partial charge in [0, 0.05) is 38.8 Å². The normalized spacial score (nSPS) is 34.0. The van der Waals surface area contributed by atoms with E-state index < -0.39 is 5.67 Å². The van der Waals surface area contributed by atoms with Crippen LogP contribution in [-0.4, -0.2) is 54.2 Å². The largest absolute Gasteiger partial charge is 0.298 e. The SMILES string of the molecule is CC(C)C1CCC(F)(CN2CCN(C(C)C)CC2)CC1. The number of halogens is 1. The molecule has 0 aromatic carbocycles. The molecule has 0 amide bonds. The Bertz CT molecular complexity index is 287. The Labute approximate surface area is 124 Å². The highest BCUT2D eigenvalue weighted by Crippen LogP contribution is 2.38. The maximum absolute atomic E-state index is 15.0. The van der Waals surface area contributed by atoms with Crippen molar-refractivity contribution in [3.05, 3.63) is 0 Å². The third kappa shape index (κ3) is 4.17. The molecule has 0 unspecified atom stereocenters. The van der Waals surface area contributed by atoms with E-state index in [1.807, 2.05) is 0 Å². The molecule has 2 nitrogen and oxygen atoms in total. The predicted octanol–water partition coefficient (Wildman–Crippen LogP) is 3.57. The highest BCUT2D eigenvalue weighted by molar-refractivity contribution is 4.90. The molecule has 2 fully saturated rings. The third-order valence-electron chi connectivity index (χ3n) is 5.51. The second-order valence-corrected chi connectivity index (χ2v) is 7.64. The summed E-state index contributed by atoms with van der Waals surface area (Å²) in [5.74, 6) is 1.46. The quantitative estimate of drug-likeness (QED) is 0.779. The molecule has 0 bridgehead atoms. The summed E-state index contributed by atoms with van der Waals surface area (Å²) in [5, 5.41) is 0. The van der Waals surface area contributed by atoms with Crippen LogP contribution in [-0.2, 0) is 0 Å². The second kappa shape index (κ2) is 6.74. The average Bonchev–Trinajstić information content (AvgIpc) is 2.39. The molecule has 0 aromatic rings. The Morgan fingerprint density at radius 3 is 2.00 bits per heavy atom. The van der Waals surface area contributed by atoms with Gasteiger partial charge in [0.1, 0.15) is 5.67 Å². The van der Waals surface area contributed by atoms with Crippen LogP contribution < -0.4 is 0 Å². The van der Waals surface area contributed by atoms with Gasteiger partial charge in [0.15, 0.2) is 0 Å². The summed E-state index contributed by atoms with van der Waals surface area (Å²) in [4.78, 5) is 4.85. The van der Waals surface area contributed by atoms with E-state index in [9.17, 15) is 4.39 Å². The summed E-state index contributed by atoms with van der Waals surface area (Å²) in [5.41, 5.74) is -0.911. The van der Waals surface area contributed by atoms with Crippen LogP contribution in [0.1, 0.15) is 53.4 Å². The Balaban J connectivity index is 1.77. The molecule has 1 aliphatic carbocycles. The van der Waals surface area contributed by atoms with Gasteiger partial charge >= 0.3 is 0 Å². The van der Waals surface area contributed by atoms with E-state index in [0.717, 1.165) is 57.8 Å². The van der Waals surface area contributed by atoms with Crippen molar-refractivity contribution in [2.24, 2.45) is 11.8 Å². The van der Waals surface area contributed by atoms with Gasteiger partial charge in [0.2, 0.25) is 0 Å². The van der Waals surface area contributed by atoms with Crippen molar-refractivity contribution < 1.29 is 4.39 Å². The zero-order chi connectivity index (χ0) is 14.8. The molecule has 0 N–H and O–H groups in total. The fourth-order valence-electron chi connectivity index (χ4n) is 3.82. The highest BCUT2D eigenvalue weighted by Gasteiger charge is 2.38. The summed E-state index contributed by atoms with van der Waals surface area (Å²) >= 11 is 0. The van der Waals surface area contributed by atoms with Gasteiger partial charge in [0.05, 0.1) is 0 Å². The van der Waals surface area contributed by atoms with Gasteiger partial charge in [-0.15, -0.1) is 0 Å². The minimum absolute atomic E-state index is 0.623. The average molecular weight is 284 g/mol. The first-order chi connectivity index (χ1) is 9.39. The zero-order valence-electron chi connectivity index (χ0n) is 13.9. The topological polar surface area (TPSA) is 6.48 Å². The number of rotatable bonds is 4. The van der Waals surface area contributed by atoms with E-state index in [1.54, 1.807) is 0 Å². The minimum atomic E-state index is -0.911. The second-order valence-electron chi connectivity index (χ2n) is 7.64. The van der Waals surface area contributed by atoms with E-state index in [1.165, 1.54) is 0 Å². The first kappa shape index (κ1) is 16.2. The van der Waals surface area contributed by atoms with Gasteiger partial charge in [-0.25, -0.2) is 4.39 Å². The lowest BCUT2D eigenvalue weighted by Crippen LogP contribution is -2.52. The highest BCUT2D eigenvalue weighted by atomic mass is 19.1. The molecule has 0 radical (unpaired) electrons. The molecule has 0 aromatic heterocycles. The van der Waals surface area contributed by atoms with Gasteiger partial charge in [-0.05, 0) is 51.4 Å². The Morgan fingerprint density at radius 1 is 1.00 bits per heavy atom. The van der Waals surface area contributed by atoms with Crippen molar-refractivity contribution >= 4 is 0 Å². The summed E-state index contributed by atoms with van der Waals surface area (Å²) in [6, 6.07) is 0.623. The fourth-order valence-corrected chi connectivity index (χ4v) is 3.82. The zero-order valence-corrected chi connectivity index (χ0v) is 13.9. The molecule has 1 heterocycles. The minimum Gasteiger partial charge on any atom is -0.298 e. The number of hydrogen-bond acceptors (Lipinski definition) is 2. The molecule has 20 heavy (non-hydrogen) atoms. The lowest BCUT2D eigenvalue weighted by molar-refractivity contribution is 0.0118. The Hall–Kier alpha value is -0.150. The van der Waals surface area contributed by atoms with Crippen LogP contribution in [0.5, 0.6) is 0 Å². The molecule has 2 aliphatic rings. The summed E-state index contributed by atoms with van der Waals surface area (Å²) < 4.78 is 15.0. The smallest absolute Gasteiger partial charge is 0.123 e. The van der Waals surface area contributed by atoms with Gasteiger partial charge < -0.3 is 0 Å². The van der Waals surface area contributed by atoms with Crippen molar-refractivity contribution in [3.8, 4) is 0 Å². The molecular formula is C17H33FN2. The number of alkyl halides is 1. The molecule has 1 saturated carbocycles. The summed E-state index contributed by atoms with van der Waals surface area (Å²) in [7, 11) is 0. The summed E-state index contributed by atoms with van der Waals surface area (Å²) in [6.07, 6.45) is 3.72. The van der Waals surface area contributed by atoms with Crippen molar-refractivity contribution in [2.45, 2.75) is 65.1 Å².